The van der Waals surface area contributed by atoms with Crippen LogP contribution in [0.5, 0.6) is 17.2 Å². The number of rotatable bonds is 6. The summed E-state index contributed by atoms with van der Waals surface area (Å²) in [4.78, 5) is 10.5. The van der Waals surface area contributed by atoms with Crippen molar-refractivity contribution in [2.24, 2.45) is 5.73 Å². The topological polar surface area (TPSA) is 91.0 Å². The van der Waals surface area contributed by atoms with Crippen LogP contribution in [0.1, 0.15) is 18.4 Å². The van der Waals surface area contributed by atoms with E-state index in [0.717, 1.165) is 5.56 Å². The molecule has 0 saturated heterocycles. The van der Waals surface area contributed by atoms with Gasteiger partial charge in [0.05, 0.1) is 7.11 Å². The molecule has 2 rings (SSSR count). The van der Waals surface area contributed by atoms with Gasteiger partial charge in [0.15, 0.2) is 11.5 Å². The van der Waals surface area contributed by atoms with E-state index in [1.54, 1.807) is 7.11 Å². The second-order valence-corrected chi connectivity index (χ2v) is 4.43. The number of hydrogen-bond acceptors (Lipinski definition) is 5. The monoisotopic (exact) mass is 267 g/mol. The Morgan fingerprint density at radius 2 is 2.32 bits per heavy atom. The highest BCUT2D eigenvalue weighted by atomic mass is 16.7. The Kier molecular flexibility index (Phi) is 4.11. The number of methoxy groups -OCH3 is 1. The van der Waals surface area contributed by atoms with Gasteiger partial charge in [0.25, 0.3) is 0 Å². The van der Waals surface area contributed by atoms with Crippen LogP contribution in [0.4, 0.5) is 0 Å². The molecule has 0 aromatic heterocycles. The molecule has 19 heavy (non-hydrogen) atoms. The third-order valence-electron chi connectivity index (χ3n) is 2.95. The highest BCUT2D eigenvalue weighted by Gasteiger charge is 2.20. The van der Waals surface area contributed by atoms with E-state index in [4.69, 9.17) is 25.1 Å². The van der Waals surface area contributed by atoms with Gasteiger partial charge < -0.3 is 25.1 Å². The average Bonchev–Trinajstić information content (AvgIpc) is 2.83. The van der Waals surface area contributed by atoms with Crippen molar-refractivity contribution in [2.45, 2.75) is 25.3 Å². The number of carboxylic acids is 1. The fraction of sp³-hybridized carbons (Fsp3) is 0.462. The van der Waals surface area contributed by atoms with Crippen molar-refractivity contribution in [1.82, 2.24) is 0 Å². The minimum atomic E-state index is -0.835. The fourth-order valence-corrected chi connectivity index (χ4v) is 2.02. The van der Waals surface area contributed by atoms with E-state index in [0.29, 0.717) is 30.1 Å². The predicted octanol–water partition coefficient (Wildman–Crippen LogP) is 1.16. The van der Waals surface area contributed by atoms with E-state index >= 15 is 0 Å². The van der Waals surface area contributed by atoms with Gasteiger partial charge in [0, 0.05) is 12.5 Å². The Hall–Kier alpha value is -1.95. The second-order valence-electron chi connectivity index (χ2n) is 4.43. The molecule has 1 unspecified atom stereocenters. The van der Waals surface area contributed by atoms with E-state index in [-0.39, 0.29) is 19.3 Å². The van der Waals surface area contributed by atoms with Gasteiger partial charge in [0.1, 0.15) is 0 Å². The van der Waals surface area contributed by atoms with Crippen LogP contribution in [-0.2, 0) is 11.2 Å². The maximum atomic E-state index is 10.5. The summed E-state index contributed by atoms with van der Waals surface area (Å²) in [7, 11) is 1.56. The Morgan fingerprint density at radius 1 is 1.53 bits per heavy atom. The van der Waals surface area contributed by atoms with Crippen molar-refractivity contribution in [3.63, 3.8) is 0 Å². The Labute approximate surface area is 111 Å². The lowest BCUT2D eigenvalue weighted by Crippen LogP contribution is -2.23. The van der Waals surface area contributed by atoms with Crippen LogP contribution < -0.4 is 19.9 Å². The SMILES string of the molecule is COc1cc(CC(N)CCC(=O)O)cc2c1OCO2. The number of carboxylic acid groups (broad SMARTS) is 1. The van der Waals surface area contributed by atoms with Gasteiger partial charge in [-0.05, 0) is 30.5 Å². The van der Waals surface area contributed by atoms with Gasteiger partial charge in [-0.3, -0.25) is 4.79 Å². The van der Waals surface area contributed by atoms with Crippen LogP contribution >= 0.6 is 0 Å². The largest absolute Gasteiger partial charge is 0.493 e. The molecule has 1 aromatic rings. The molecule has 6 heteroatoms. The molecule has 1 aliphatic heterocycles. The third-order valence-corrected chi connectivity index (χ3v) is 2.95. The first kappa shape index (κ1) is 13.5. The minimum Gasteiger partial charge on any atom is -0.493 e. The molecule has 104 valence electrons. The molecule has 0 saturated carbocycles. The fourth-order valence-electron chi connectivity index (χ4n) is 2.02. The zero-order valence-electron chi connectivity index (χ0n) is 10.7. The predicted molar refractivity (Wildman–Crippen MR) is 67.7 cm³/mol. The molecule has 1 heterocycles. The number of fused-ring (bicyclic) bond motifs is 1. The lowest BCUT2D eigenvalue weighted by molar-refractivity contribution is -0.137. The molecule has 0 radical (unpaired) electrons. The van der Waals surface area contributed by atoms with Gasteiger partial charge in [-0.15, -0.1) is 0 Å². The lowest BCUT2D eigenvalue weighted by Gasteiger charge is -2.12. The first-order chi connectivity index (χ1) is 9.10. The van der Waals surface area contributed by atoms with E-state index in [1.807, 2.05) is 12.1 Å². The number of carbonyl (C=O) groups is 1. The molecular weight excluding hydrogens is 250 g/mol. The maximum Gasteiger partial charge on any atom is 0.303 e. The van der Waals surface area contributed by atoms with Gasteiger partial charge in [-0.25, -0.2) is 0 Å². The van der Waals surface area contributed by atoms with Crippen LogP contribution in [0, 0.1) is 0 Å². The highest BCUT2D eigenvalue weighted by molar-refractivity contribution is 5.66. The lowest BCUT2D eigenvalue weighted by atomic mass is 10.0. The molecule has 6 nitrogen and oxygen atoms in total. The summed E-state index contributed by atoms with van der Waals surface area (Å²) >= 11 is 0. The summed E-state index contributed by atoms with van der Waals surface area (Å²) in [6.07, 6.45) is 1.08. The number of aliphatic carboxylic acids is 1. The van der Waals surface area contributed by atoms with Gasteiger partial charge in [-0.1, -0.05) is 0 Å². The Bertz CT molecular complexity index is 474. The average molecular weight is 267 g/mol. The van der Waals surface area contributed by atoms with E-state index in [9.17, 15) is 4.79 Å². The van der Waals surface area contributed by atoms with Gasteiger partial charge in [-0.2, -0.15) is 0 Å². The molecule has 1 atom stereocenters. The summed E-state index contributed by atoms with van der Waals surface area (Å²) in [5.74, 6) is 1.01. The molecule has 3 N–H and O–H groups in total. The van der Waals surface area contributed by atoms with Crippen molar-refractivity contribution < 1.29 is 24.1 Å². The summed E-state index contributed by atoms with van der Waals surface area (Å²) in [5, 5.41) is 8.63. The molecule has 0 fully saturated rings. The number of ether oxygens (including phenoxy) is 3. The first-order valence-electron chi connectivity index (χ1n) is 6.04. The standard InChI is InChI=1S/C13H17NO5/c1-17-10-5-8(4-9(14)2-3-12(15)16)6-11-13(10)19-7-18-11/h5-6,9H,2-4,7,14H2,1H3,(H,15,16). The Morgan fingerprint density at radius 3 is 3.00 bits per heavy atom. The quantitative estimate of drug-likeness (QED) is 0.803. The molecule has 0 spiro atoms. The molecular formula is C13H17NO5. The van der Waals surface area contributed by atoms with Crippen LogP contribution in [0.3, 0.4) is 0 Å². The summed E-state index contributed by atoms with van der Waals surface area (Å²) in [5.41, 5.74) is 6.86. The van der Waals surface area contributed by atoms with Crippen molar-refractivity contribution in [1.29, 1.82) is 0 Å². The summed E-state index contributed by atoms with van der Waals surface area (Å²) < 4.78 is 15.9. The number of nitrogens with two attached hydrogens (primary N) is 1. The zero-order valence-corrected chi connectivity index (χ0v) is 10.7. The van der Waals surface area contributed by atoms with E-state index in [2.05, 4.69) is 0 Å². The van der Waals surface area contributed by atoms with Gasteiger partial charge >= 0.3 is 5.97 Å². The van der Waals surface area contributed by atoms with Crippen molar-refractivity contribution in [3.8, 4) is 17.2 Å². The smallest absolute Gasteiger partial charge is 0.303 e. The highest BCUT2D eigenvalue weighted by Crippen LogP contribution is 2.42. The van der Waals surface area contributed by atoms with E-state index in [1.165, 1.54) is 0 Å². The normalized spacial score (nSPS) is 14.2. The van der Waals surface area contributed by atoms with Crippen LogP contribution in [-0.4, -0.2) is 31.0 Å². The van der Waals surface area contributed by atoms with E-state index < -0.39 is 5.97 Å². The molecule has 1 aromatic carbocycles. The molecule has 0 bridgehead atoms. The van der Waals surface area contributed by atoms with Crippen LogP contribution in [0.2, 0.25) is 0 Å². The summed E-state index contributed by atoms with van der Waals surface area (Å²) in [6.45, 7) is 0.181. The number of benzene rings is 1. The third kappa shape index (κ3) is 3.29. The molecule has 0 amide bonds. The molecule has 0 aliphatic carbocycles. The van der Waals surface area contributed by atoms with Crippen molar-refractivity contribution in [2.75, 3.05) is 13.9 Å². The molecule has 1 aliphatic rings. The van der Waals surface area contributed by atoms with Crippen LogP contribution in [0.15, 0.2) is 12.1 Å². The minimum absolute atomic E-state index is 0.0723. The van der Waals surface area contributed by atoms with Crippen molar-refractivity contribution >= 4 is 5.97 Å². The van der Waals surface area contributed by atoms with Crippen LogP contribution in [0.25, 0.3) is 0 Å². The van der Waals surface area contributed by atoms with Crippen molar-refractivity contribution in [3.05, 3.63) is 17.7 Å². The Balaban J connectivity index is 2.06. The maximum absolute atomic E-state index is 10.5. The second kappa shape index (κ2) is 5.79. The van der Waals surface area contributed by atoms with Gasteiger partial charge in [0.2, 0.25) is 12.5 Å². The number of hydrogen-bond donors (Lipinski definition) is 2. The summed E-state index contributed by atoms with van der Waals surface area (Å²) in [6, 6.07) is 3.49. The zero-order chi connectivity index (χ0) is 13.8. The first-order valence-corrected chi connectivity index (χ1v) is 6.04.